The zero-order valence-electron chi connectivity index (χ0n) is 15.9. The van der Waals surface area contributed by atoms with E-state index in [0.717, 1.165) is 48.2 Å². The van der Waals surface area contributed by atoms with E-state index in [1.807, 2.05) is 24.3 Å². The number of nitrogens with zero attached hydrogens (tertiary/aromatic N) is 3. The fourth-order valence-corrected chi connectivity index (χ4v) is 2.86. The molecule has 2 N–H and O–H groups in total. The summed E-state index contributed by atoms with van der Waals surface area (Å²) in [6.07, 6.45) is 1.82. The summed E-state index contributed by atoms with van der Waals surface area (Å²) in [7, 11) is 4.15. The molecule has 0 spiro atoms. The van der Waals surface area contributed by atoms with Crippen LogP contribution in [0.25, 0.3) is 10.9 Å². The number of hydrogen-bond acceptors (Lipinski definition) is 5. The number of para-hydroxylation sites is 1. The fraction of sp³-hybridized carbons (Fsp3) is 0.333. The van der Waals surface area contributed by atoms with Crippen molar-refractivity contribution < 1.29 is 4.39 Å². The number of aromatic nitrogens is 2. The normalized spacial score (nSPS) is 11.1. The summed E-state index contributed by atoms with van der Waals surface area (Å²) < 4.78 is 13.0. The molecule has 0 saturated carbocycles. The lowest BCUT2D eigenvalue weighted by Gasteiger charge is -2.13. The molecule has 0 radical (unpaired) electrons. The van der Waals surface area contributed by atoms with Crippen LogP contribution >= 0.6 is 0 Å². The predicted molar refractivity (Wildman–Crippen MR) is 110 cm³/mol. The molecular formula is C21H26FN5. The number of rotatable bonds is 9. The Bertz CT molecular complexity index is 864. The van der Waals surface area contributed by atoms with Gasteiger partial charge in [0.05, 0.1) is 5.52 Å². The first-order valence-corrected chi connectivity index (χ1v) is 9.25. The highest BCUT2D eigenvalue weighted by atomic mass is 19.1. The fourth-order valence-electron chi connectivity index (χ4n) is 2.86. The lowest BCUT2D eigenvalue weighted by atomic mass is 10.1. The van der Waals surface area contributed by atoms with Crippen molar-refractivity contribution in [1.82, 2.24) is 14.9 Å². The predicted octanol–water partition coefficient (Wildman–Crippen LogP) is 3.79. The van der Waals surface area contributed by atoms with Crippen molar-refractivity contribution in [2.45, 2.75) is 12.8 Å². The van der Waals surface area contributed by atoms with Gasteiger partial charge < -0.3 is 15.5 Å². The second-order valence-corrected chi connectivity index (χ2v) is 6.80. The van der Waals surface area contributed by atoms with E-state index >= 15 is 0 Å². The molecule has 0 fully saturated rings. The Kier molecular flexibility index (Phi) is 6.54. The third-order valence-corrected chi connectivity index (χ3v) is 4.29. The van der Waals surface area contributed by atoms with Gasteiger partial charge in [0.15, 0.2) is 0 Å². The summed E-state index contributed by atoms with van der Waals surface area (Å²) in [6, 6.07) is 14.6. The average molecular weight is 367 g/mol. The first kappa shape index (κ1) is 19.0. The third kappa shape index (κ3) is 5.62. The molecule has 5 nitrogen and oxygen atoms in total. The van der Waals surface area contributed by atoms with Crippen LogP contribution in [0.2, 0.25) is 0 Å². The van der Waals surface area contributed by atoms with Crippen molar-refractivity contribution in [3.8, 4) is 0 Å². The van der Waals surface area contributed by atoms with Crippen LogP contribution in [-0.2, 0) is 6.42 Å². The van der Waals surface area contributed by atoms with E-state index in [9.17, 15) is 4.39 Å². The van der Waals surface area contributed by atoms with Gasteiger partial charge >= 0.3 is 0 Å². The summed E-state index contributed by atoms with van der Waals surface area (Å²) >= 11 is 0. The first-order chi connectivity index (χ1) is 13.1. The highest BCUT2D eigenvalue weighted by molar-refractivity contribution is 5.89. The summed E-state index contributed by atoms with van der Waals surface area (Å²) in [5.74, 6) is 1.24. The summed E-state index contributed by atoms with van der Waals surface area (Å²) in [4.78, 5) is 11.4. The monoisotopic (exact) mass is 367 g/mol. The largest absolute Gasteiger partial charge is 0.369 e. The lowest BCUT2D eigenvalue weighted by molar-refractivity contribution is 0.405. The Morgan fingerprint density at radius 2 is 1.70 bits per heavy atom. The topological polar surface area (TPSA) is 53.1 Å². The van der Waals surface area contributed by atoms with Gasteiger partial charge in [-0.1, -0.05) is 24.3 Å². The molecule has 0 aliphatic carbocycles. The number of halogens is 1. The molecule has 0 bridgehead atoms. The maximum absolute atomic E-state index is 13.0. The standard InChI is InChI=1S/C21H26FN5/c1-27(2)15-5-13-23-20-18-6-3-4-7-19(18)25-21(26-20)24-14-12-16-8-10-17(22)11-9-16/h3-4,6-11H,5,12-15H2,1-2H3,(H2,23,24,25,26). The average Bonchev–Trinajstić information content (AvgIpc) is 2.66. The van der Waals surface area contributed by atoms with Gasteiger partial charge in [-0.05, 0) is 63.3 Å². The lowest BCUT2D eigenvalue weighted by Crippen LogP contribution is -2.17. The summed E-state index contributed by atoms with van der Waals surface area (Å²) in [5, 5.41) is 7.74. The molecule has 6 heteroatoms. The molecule has 3 rings (SSSR count). The van der Waals surface area contributed by atoms with E-state index < -0.39 is 0 Å². The van der Waals surface area contributed by atoms with Crippen LogP contribution in [0.15, 0.2) is 48.5 Å². The zero-order valence-corrected chi connectivity index (χ0v) is 15.9. The Labute approximate surface area is 159 Å². The summed E-state index contributed by atoms with van der Waals surface area (Å²) in [5.41, 5.74) is 1.98. The zero-order chi connectivity index (χ0) is 19.1. The van der Waals surface area contributed by atoms with E-state index in [0.29, 0.717) is 12.5 Å². The smallest absolute Gasteiger partial charge is 0.225 e. The molecule has 0 aliphatic rings. The SMILES string of the molecule is CN(C)CCCNc1nc(NCCc2ccc(F)cc2)nc2ccccc12. The third-order valence-electron chi connectivity index (χ3n) is 4.29. The molecular weight excluding hydrogens is 341 g/mol. The van der Waals surface area contributed by atoms with Crippen molar-refractivity contribution in [2.75, 3.05) is 44.4 Å². The molecule has 0 aliphatic heterocycles. The molecule has 27 heavy (non-hydrogen) atoms. The van der Waals surface area contributed by atoms with Crippen molar-refractivity contribution in [2.24, 2.45) is 0 Å². The molecule has 1 aromatic heterocycles. The maximum atomic E-state index is 13.0. The van der Waals surface area contributed by atoms with Crippen molar-refractivity contribution in [3.05, 3.63) is 59.9 Å². The van der Waals surface area contributed by atoms with Gasteiger partial charge in [-0.2, -0.15) is 4.98 Å². The first-order valence-electron chi connectivity index (χ1n) is 9.25. The minimum Gasteiger partial charge on any atom is -0.369 e. The van der Waals surface area contributed by atoms with Crippen LogP contribution in [0.5, 0.6) is 0 Å². The van der Waals surface area contributed by atoms with Crippen LogP contribution in [0.1, 0.15) is 12.0 Å². The molecule has 142 valence electrons. The van der Waals surface area contributed by atoms with Gasteiger partial charge in [-0.3, -0.25) is 0 Å². The molecule has 0 atom stereocenters. The van der Waals surface area contributed by atoms with Crippen LogP contribution < -0.4 is 10.6 Å². The van der Waals surface area contributed by atoms with Crippen LogP contribution in [0.3, 0.4) is 0 Å². The minimum atomic E-state index is -0.213. The van der Waals surface area contributed by atoms with E-state index in [2.05, 4.69) is 39.6 Å². The van der Waals surface area contributed by atoms with E-state index in [4.69, 9.17) is 0 Å². The second-order valence-electron chi connectivity index (χ2n) is 6.80. The molecule has 2 aromatic carbocycles. The molecule has 3 aromatic rings. The van der Waals surface area contributed by atoms with Crippen molar-refractivity contribution >= 4 is 22.7 Å². The number of anilines is 2. The van der Waals surface area contributed by atoms with E-state index in [-0.39, 0.29) is 5.82 Å². The van der Waals surface area contributed by atoms with Gasteiger partial charge in [0, 0.05) is 18.5 Å². The van der Waals surface area contributed by atoms with E-state index in [1.165, 1.54) is 12.1 Å². The van der Waals surface area contributed by atoms with Gasteiger partial charge in [0.1, 0.15) is 11.6 Å². The molecule has 0 saturated heterocycles. The molecule has 0 unspecified atom stereocenters. The quantitative estimate of drug-likeness (QED) is 0.564. The number of benzene rings is 2. The van der Waals surface area contributed by atoms with Gasteiger partial charge in [0.25, 0.3) is 0 Å². The highest BCUT2D eigenvalue weighted by Crippen LogP contribution is 2.21. The summed E-state index contributed by atoms with van der Waals surface area (Å²) in [6.45, 7) is 2.57. The Morgan fingerprint density at radius 3 is 2.48 bits per heavy atom. The Hall–Kier alpha value is -2.73. The molecule has 1 heterocycles. The molecule has 0 amide bonds. The highest BCUT2D eigenvalue weighted by Gasteiger charge is 2.07. The van der Waals surface area contributed by atoms with Gasteiger partial charge in [0.2, 0.25) is 5.95 Å². The van der Waals surface area contributed by atoms with Crippen molar-refractivity contribution in [3.63, 3.8) is 0 Å². The Balaban J connectivity index is 1.66. The van der Waals surface area contributed by atoms with Crippen LogP contribution in [-0.4, -0.2) is 48.6 Å². The second kappa shape index (κ2) is 9.28. The maximum Gasteiger partial charge on any atom is 0.225 e. The van der Waals surface area contributed by atoms with Crippen LogP contribution in [0, 0.1) is 5.82 Å². The number of hydrogen-bond donors (Lipinski definition) is 2. The van der Waals surface area contributed by atoms with Crippen molar-refractivity contribution in [1.29, 1.82) is 0 Å². The minimum absolute atomic E-state index is 0.213. The van der Waals surface area contributed by atoms with Gasteiger partial charge in [-0.25, -0.2) is 9.37 Å². The van der Waals surface area contributed by atoms with E-state index in [1.54, 1.807) is 12.1 Å². The number of fused-ring (bicyclic) bond motifs is 1. The Morgan fingerprint density at radius 1 is 0.926 bits per heavy atom. The number of nitrogens with one attached hydrogen (secondary N) is 2. The van der Waals surface area contributed by atoms with Gasteiger partial charge in [-0.15, -0.1) is 0 Å². The van der Waals surface area contributed by atoms with Crippen LogP contribution in [0.4, 0.5) is 16.2 Å².